The summed E-state index contributed by atoms with van der Waals surface area (Å²) in [5, 5.41) is 9.10. The van der Waals surface area contributed by atoms with E-state index < -0.39 is 34.9 Å². The van der Waals surface area contributed by atoms with Gasteiger partial charge in [-0.15, -0.1) is 0 Å². The zero-order valence-electron chi connectivity index (χ0n) is 13.7. The van der Waals surface area contributed by atoms with Crippen molar-refractivity contribution in [1.29, 1.82) is 0 Å². The van der Waals surface area contributed by atoms with Gasteiger partial charge in [0, 0.05) is 19.0 Å². The summed E-state index contributed by atoms with van der Waals surface area (Å²) < 4.78 is 40.4. The standard InChI is InChI=1S/C19H16F3NO3/c20-15-7-6-14(16(21)17(15)22)18(24)23-8-2-5-13(10-23)11-3-1-4-12(9-11)19(25)26/h1,3-4,6-7,9,13H,2,5,8,10H2,(H,25,26)/t13-/m0/s1. The Balaban J connectivity index is 1.82. The van der Waals surface area contributed by atoms with Gasteiger partial charge < -0.3 is 10.0 Å². The van der Waals surface area contributed by atoms with Gasteiger partial charge in [-0.05, 0) is 42.7 Å². The SMILES string of the molecule is O=C(O)c1cccc([C@H]2CCCN(C(=O)c3ccc(F)c(F)c3F)C2)c1. The third kappa shape index (κ3) is 3.42. The van der Waals surface area contributed by atoms with E-state index in [0.717, 1.165) is 24.1 Å². The molecule has 0 radical (unpaired) electrons. The van der Waals surface area contributed by atoms with Gasteiger partial charge in [-0.3, -0.25) is 4.79 Å². The predicted octanol–water partition coefficient (Wildman–Crippen LogP) is 3.82. The molecule has 26 heavy (non-hydrogen) atoms. The van der Waals surface area contributed by atoms with Crippen LogP contribution in [0.4, 0.5) is 13.2 Å². The van der Waals surface area contributed by atoms with E-state index in [0.29, 0.717) is 13.0 Å². The number of rotatable bonds is 3. The van der Waals surface area contributed by atoms with Gasteiger partial charge in [-0.2, -0.15) is 0 Å². The van der Waals surface area contributed by atoms with Crippen LogP contribution in [0.3, 0.4) is 0 Å². The molecule has 1 N–H and O–H groups in total. The van der Waals surface area contributed by atoms with Gasteiger partial charge in [0.15, 0.2) is 17.5 Å². The van der Waals surface area contributed by atoms with E-state index in [2.05, 4.69) is 0 Å². The third-order valence-electron chi connectivity index (χ3n) is 4.58. The molecule has 7 heteroatoms. The fourth-order valence-corrected chi connectivity index (χ4v) is 3.22. The van der Waals surface area contributed by atoms with Crippen molar-refractivity contribution >= 4 is 11.9 Å². The number of aromatic carboxylic acids is 1. The highest BCUT2D eigenvalue weighted by Crippen LogP contribution is 2.29. The first kappa shape index (κ1) is 18.0. The van der Waals surface area contributed by atoms with Crippen molar-refractivity contribution in [3.63, 3.8) is 0 Å². The summed E-state index contributed by atoms with van der Waals surface area (Å²) in [6, 6.07) is 8.11. The summed E-state index contributed by atoms with van der Waals surface area (Å²) in [4.78, 5) is 25.0. The number of likely N-dealkylation sites (tertiary alicyclic amines) is 1. The van der Waals surface area contributed by atoms with Gasteiger partial charge in [0.2, 0.25) is 0 Å². The summed E-state index contributed by atoms with van der Waals surface area (Å²) >= 11 is 0. The smallest absolute Gasteiger partial charge is 0.335 e. The lowest BCUT2D eigenvalue weighted by molar-refractivity contribution is 0.0685. The topological polar surface area (TPSA) is 57.6 Å². The highest BCUT2D eigenvalue weighted by atomic mass is 19.2. The number of carbonyl (C=O) groups excluding carboxylic acids is 1. The molecular weight excluding hydrogens is 347 g/mol. The Morgan fingerprint density at radius 3 is 2.58 bits per heavy atom. The lowest BCUT2D eigenvalue weighted by Crippen LogP contribution is -2.39. The van der Waals surface area contributed by atoms with Crippen molar-refractivity contribution in [3.8, 4) is 0 Å². The van der Waals surface area contributed by atoms with E-state index in [9.17, 15) is 22.8 Å². The van der Waals surface area contributed by atoms with Crippen LogP contribution in [-0.2, 0) is 0 Å². The first-order valence-electron chi connectivity index (χ1n) is 8.14. The van der Waals surface area contributed by atoms with E-state index in [1.165, 1.54) is 11.0 Å². The Bertz CT molecular complexity index is 869. The maximum Gasteiger partial charge on any atom is 0.335 e. The molecule has 0 saturated carbocycles. The van der Waals surface area contributed by atoms with Crippen LogP contribution < -0.4 is 0 Å². The van der Waals surface area contributed by atoms with Crippen molar-refractivity contribution in [3.05, 3.63) is 70.5 Å². The summed E-state index contributed by atoms with van der Waals surface area (Å²) in [6.07, 6.45) is 1.38. The number of hydrogen-bond acceptors (Lipinski definition) is 2. The molecule has 0 aliphatic carbocycles. The van der Waals surface area contributed by atoms with Crippen LogP contribution in [0.25, 0.3) is 0 Å². The first-order chi connectivity index (χ1) is 12.4. The second-order valence-corrected chi connectivity index (χ2v) is 6.24. The molecule has 1 aliphatic rings. The number of carboxylic acid groups (broad SMARTS) is 1. The average Bonchev–Trinajstić information content (AvgIpc) is 2.66. The molecule has 1 atom stereocenters. The van der Waals surface area contributed by atoms with E-state index in [1.807, 2.05) is 0 Å². The second kappa shape index (κ2) is 7.19. The van der Waals surface area contributed by atoms with Gasteiger partial charge in [0.25, 0.3) is 5.91 Å². The highest BCUT2D eigenvalue weighted by molar-refractivity contribution is 5.94. The molecule has 0 bridgehead atoms. The second-order valence-electron chi connectivity index (χ2n) is 6.24. The van der Waals surface area contributed by atoms with E-state index in [4.69, 9.17) is 5.11 Å². The van der Waals surface area contributed by atoms with Crippen LogP contribution in [-0.4, -0.2) is 35.0 Å². The van der Waals surface area contributed by atoms with E-state index >= 15 is 0 Å². The summed E-state index contributed by atoms with van der Waals surface area (Å²) in [5.74, 6) is -6.37. The fourth-order valence-electron chi connectivity index (χ4n) is 3.22. The monoisotopic (exact) mass is 363 g/mol. The minimum atomic E-state index is -1.67. The molecule has 136 valence electrons. The number of amides is 1. The molecule has 1 amide bonds. The number of carbonyl (C=O) groups is 2. The van der Waals surface area contributed by atoms with Gasteiger partial charge in [-0.25, -0.2) is 18.0 Å². The third-order valence-corrected chi connectivity index (χ3v) is 4.58. The Morgan fingerprint density at radius 2 is 1.85 bits per heavy atom. The van der Waals surface area contributed by atoms with Crippen molar-refractivity contribution in [1.82, 2.24) is 4.90 Å². The van der Waals surface area contributed by atoms with Crippen molar-refractivity contribution in [2.24, 2.45) is 0 Å². The number of nitrogens with zero attached hydrogens (tertiary/aromatic N) is 1. The number of hydrogen-bond donors (Lipinski definition) is 1. The van der Waals surface area contributed by atoms with Crippen LogP contribution in [0.2, 0.25) is 0 Å². The molecule has 2 aromatic rings. The molecule has 1 heterocycles. The van der Waals surface area contributed by atoms with Crippen molar-refractivity contribution in [2.45, 2.75) is 18.8 Å². The fraction of sp³-hybridized carbons (Fsp3) is 0.263. The molecule has 1 aliphatic heterocycles. The number of halogens is 3. The molecule has 1 fully saturated rings. The lowest BCUT2D eigenvalue weighted by atomic mass is 9.89. The number of carboxylic acids is 1. The summed E-state index contributed by atoms with van der Waals surface area (Å²) in [7, 11) is 0. The average molecular weight is 363 g/mol. The Labute approximate surface area is 147 Å². The van der Waals surface area contributed by atoms with E-state index in [-0.39, 0.29) is 18.0 Å². The minimum absolute atomic E-state index is 0.111. The maximum absolute atomic E-state index is 13.9. The first-order valence-corrected chi connectivity index (χ1v) is 8.14. The summed E-state index contributed by atoms with van der Waals surface area (Å²) in [5.41, 5.74) is 0.412. The van der Waals surface area contributed by atoms with E-state index in [1.54, 1.807) is 18.2 Å². The Morgan fingerprint density at radius 1 is 1.08 bits per heavy atom. The minimum Gasteiger partial charge on any atom is -0.478 e. The quantitative estimate of drug-likeness (QED) is 0.844. The molecule has 2 aromatic carbocycles. The largest absolute Gasteiger partial charge is 0.478 e. The van der Waals surface area contributed by atoms with Gasteiger partial charge in [0.05, 0.1) is 11.1 Å². The molecule has 3 rings (SSSR count). The van der Waals surface area contributed by atoms with Gasteiger partial charge in [-0.1, -0.05) is 12.1 Å². The van der Waals surface area contributed by atoms with Crippen LogP contribution in [0.1, 0.15) is 45.0 Å². The molecule has 1 saturated heterocycles. The molecule has 4 nitrogen and oxygen atoms in total. The lowest BCUT2D eigenvalue weighted by Gasteiger charge is -2.33. The zero-order valence-corrected chi connectivity index (χ0v) is 13.7. The van der Waals surface area contributed by atoms with Crippen molar-refractivity contribution < 1.29 is 27.9 Å². The van der Waals surface area contributed by atoms with Crippen LogP contribution in [0, 0.1) is 17.5 Å². The van der Waals surface area contributed by atoms with Crippen molar-refractivity contribution in [2.75, 3.05) is 13.1 Å². The van der Waals surface area contributed by atoms with Crippen LogP contribution in [0.5, 0.6) is 0 Å². The maximum atomic E-state index is 13.9. The van der Waals surface area contributed by atoms with Gasteiger partial charge in [0.1, 0.15) is 0 Å². The predicted molar refractivity (Wildman–Crippen MR) is 87.6 cm³/mol. The number of piperidine rings is 1. The molecule has 0 unspecified atom stereocenters. The Kier molecular flexibility index (Phi) is 4.97. The molecule has 0 spiro atoms. The number of benzene rings is 2. The molecule has 0 aromatic heterocycles. The zero-order chi connectivity index (χ0) is 18.8. The normalized spacial score (nSPS) is 17.2. The Hall–Kier alpha value is -2.83. The van der Waals surface area contributed by atoms with Crippen LogP contribution in [0.15, 0.2) is 36.4 Å². The van der Waals surface area contributed by atoms with Crippen LogP contribution >= 0.6 is 0 Å². The highest BCUT2D eigenvalue weighted by Gasteiger charge is 2.28. The summed E-state index contributed by atoms with van der Waals surface area (Å²) in [6.45, 7) is 0.618. The van der Waals surface area contributed by atoms with Gasteiger partial charge >= 0.3 is 5.97 Å². The molecular formula is C19H16F3NO3.